The lowest BCUT2D eigenvalue weighted by Crippen LogP contribution is -2.40. The van der Waals surface area contributed by atoms with Crippen molar-refractivity contribution >= 4 is 16.9 Å². The Morgan fingerprint density at radius 2 is 2.12 bits per heavy atom. The number of nitrogens with zero attached hydrogens (tertiary/aromatic N) is 2. The number of carbonyl (C=O) groups excluding carboxylic acids is 1. The molecule has 0 spiro atoms. The van der Waals surface area contributed by atoms with Gasteiger partial charge in [0, 0.05) is 24.2 Å². The first-order valence-electron chi connectivity index (χ1n) is 9.00. The molecule has 1 saturated carbocycles. The van der Waals surface area contributed by atoms with Crippen LogP contribution in [-0.2, 0) is 6.54 Å². The topological polar surface area (TPSA) is 64.0 Å². The summed E-state index contributed by atoms with van der Waals surface area (Å²) in [5.74, 6) is -0.247. The van der Waals surface area contributed by atoms with Crippen LogP contribution in [0.5, 0.6) is 0 Å². The standard InChI is InChI=1S/C19H25N3O2/c1-2-3-12-22-17-14(8-7-11-20-17)13-16(19(22)24)18(23)21-15-9-5-4-6-10-15/h7-8,11,13,15H,2-6,9-10,12H2,1H3,(H,21,23). The lowest BCUT2D eigenvalue weighted by atomic mass is 9.95. The molecular formula is C19H25N3O2. The zero-order valence-corrected chi connectivity index (χ0v) is 14.3. The third-order valence-corrected chi connectivity index (χ3v) is 4.77. The second-order valence-electron chi connectivity index (χ2n) is 6.59. The minimum atomic E-state index is -0.247. The van der Waals surface area contributed by atoms with Gasteiger partial charge in [-0.3, -0.25) is 14.2 Å². The van der Waals surface area contributed by atoms with Gasteiger partial charge in [-0.15, -0.1) is 0 Å². The summed E-state index contributed by atoms with van der Waals surface area (Å²) in [6, 6.07) is 5.62. The molecule has 1 amide bonds. The zero-order valence-electron chi connectivity index (χ0n) is 14.3. The van der Waals surface area contributed by atoms with Crippen LogP contribution < -0.4 is 10.9 Å². The molecule has 0 aromatic carbocycles. The zero-order chi connectivity index (χ0) is 16.9. The van der Waals surface area contributed by atoms with Crippen molar-refractivity contribution in [3.63, 3.8) is 0 Å². The van der Waals surface area contributed by atoms with E-state index in [2.05, 4.69) is 17.2 Å². The lowest BCUT2D eigenvalue weighted by molar-refractivity contribution is 0.0926. The molecule has 0 radical (unpaired) electrons. The summed E-state index contributed by atoms with van der Waals surface area (Å²) in [7, 11) is 0. The highest BCUT2D eigenvalue weighted by Gasteiger charge is 2.20. The first-order valence-corrected chi connectivity index (χ1v) is 9.00. The Morgan fingerprint density at radius 1 is 1.33 bits per heavy atom. The smallest absolute Gasteiger partial charge is 0.265 e. The Morgan fingerprint density at radius 3 is 2.88 bits per heavy atom. The Kier molecular flexibility index (Phi) is 5.28. The molecule has 2 heterocycles. The van der Waals surface area contributed by atoms with Gasteiger partial charge in [0.1, 0.15) is 11.2 Å². The Hall–Kier alpha value is -2.17. The van der Waals surface area contributed by atoms with Gasteiger partial charge in [0.25, 0.3) is 11.5 Å². The number of nitrogens with one attached hydrogen (secondary N) is 1. The maximum atomic E-state index is 12.8. The normalized spacial score (nSPS) is 15.5. The number of rotatable bonds is 5. The summed E-state index contributed by atoms with van der Waals surface area (Å²) < 4.78 is 1.65. The third kappa shape index (κ3) is 3.50. The number of hydrogen-bond donors (Lipinski definition) is 1. The molecule has 1 fully saturated rings. The summed E-state index contributed by atoms with van der Waals surface area (Å²) in [6.07, 6.45) is 9.10. The minimum Gasteiger partial charge on any atom is -0.349 e. The Balaban J connectivity index is 1.96. The molecule has 3 rings (SSSR count). The van der Waals surface area contributed by atoms with Crippen molar-refractivity contribution in [2.75, 3.05) is 0 Å². The average molecular weight is 327 g/mol. The highest BCUT2D eigenvalue weighted by atomic mass is 16.2. The summed E-state index contributed by atoms with van der Waals surface area (Å²) in [5, 5.41) is 3.89. The van der Waals surface area contributed by atoms with Gasteiger partial charge in [0.2, 0.25) is 0 Å². The van der Waals surface area contributed by atoms with Gasteiger partial charge in [0.05, 0.1) is 0 Å². The van der Waals surface area contributed by atoms with E-state index < -0.39 is 0 Å². The molecule has 1 aliphatic rings. The van der Waals surface area contributed by atoms with Gasteiger partial charge in [0.15, 0.2) is 0 Å². The van der Waals surface area contributed by atoms with Gasteiger partial charge >= 0.3 is 0 Å². The Labute approximate surface area is 142 Å². The molecule has 2 aromatic heterocycles. The van der Waals surface area contributed by atoms with E-state index in [-0.39, 0.29) is 23.1 Å². The monoisotopic (exact) mass is 327 g/mol. The van der Waals surface area contributed by atoms with E-state index in [1.165, 1.54) is 6.42 Å². The number of pyridine rings is 2. The molecule has 5 heteroatoms. The lowest BCUT2D eigenvalue weighted by Gasteiger charge is -2.22. The van der Waals surface area contributed by atoms with E-state index in [1.807, 2.05) is 12.1 Å². The van der Waals surface area contributed by atoms with Crippen molar-refractivity contribution in [3.05, 3.63) is 40.3 Å². The van der Waals surface area contributed by atoms with E-state index in [9.17, 15) is 9.59 Å². The van der Waals surface area contributed by atoms with Crippen molar-refractivity contribution in [2.24, 2.45) is 0 Å². The predicted octanol–water partition coefficient (Wildman–Crippen LogP) is 3.26. The van der Waals surface area contributed by atoms with E-state index in [0.717, 1.165) is 43.9 Å². The van der Waals surface area contributed by atoms with E-state index in [4.69, 9.17) is 0 Å². The quantitative estimate of drug-likeness (QED) is 0.917. The van der Waals surface area contributed by atoms with Gasteiger partial charge < -0.3 is 5.32 Å². The average Bonchev–Trinajstić information content (AvgIpc) is 2.61. The Bertz CT molecular complexity index is 776. The van der Waals surface area contributed by atoms with Gasteiger partial charge in [-0.2, -0.15) is 0 Å². The van der Waals surface area contributed by atoms with E-state index in [1.54, 1.807) is 16.8 Å². The molecule has 1 N–H and O–H groups in total. The van der Waals surface area contributed by atoms with Crippen LogP contribution in [0.15, 0.2) is 29.2 Å². The number of carbonyl (C=O) groups is 1. The van der Waals surface area contributed by atoms with Gasteiger partial charge in [-0.05, 0) is 37.5 Å². The molecule has 5 nitrogen and oxygen atoms in total. The fourth-order valence-corrected chi connectivity index (χ4v) is 3.40. The van der Waals surface area contributed by atoms with E-state index in [0.29, 0.717) is 12.2 Å². The molecule has 0 atom stereocenters. The predicted molar refractivity (Wildman–Crippen MR) is 95.3 cm³/mol. The summed E-state index contributed by atoms with van der Waals surface area (Å²) >= 11 is 0. The van der Waals surface area contributed by atoms with Crippen LogP contribution in [0.2, 0.25) is 0 Å². The minimum absolute atomic E-state index is 0.194. The largest absolute Gasteiger partial charge is 0.349 e. The number of aromatic nitrogens is 2. The third-order valence-electron chi connectivity index (χ3n) is 4.77. The van der Waals surface area contributed by atoms with Crippen molar-refractivity contribution in [1.82, 2.24) is 14.9 Å². The molecule has 0 saturated heterocycles. The summed E-state index contributed by atoms with van der Waals surface area (Å²) in [6.45, 7) is 2.67. The van der Waals surface area contributed by atoms with Crippen LogP contribution in [0.3, 0.4) is 0 Å². The second kappa shape index (κ2) is 7.60. The van der Waals surface area contributed by atoms with Crippen molar-refractivity contribution in [1.29, 1.82) is 0 Å². The molecule has 0 bridgehead atoms. The fraction of sp³-hybridized carbons (Fsp3) is 0.526. The highest BCUT2D eigenvalue weighted by Crippen LogP contribution is 2.18. The number of fused-ring (bicyclic) bond motifs is 1. The maximum Gasteiger partial charge on any atom is 0.265 e. The molecule has 24 heavy (non-hydrogen) atoms. The molecule has 0 unspecified atom stereocenters. The van der Waals surface area contributed by atoms with Crippen LogP contribution in [0.1, 0.15) is 62.2 Å². The SMILES string of the molecule is CCCCn1c(=O)c(C(=O)NC2CCCCC2)cc2cccnc21. The number of aryl methyl sites for hydroxylation is 1. The molecule has 1 aliphatic carbocycles. The van der Waals surface area contributed by atoms with Crippen molar-refractivity contribution in [2.45, 2.75) is 64.5 Å². The summed E-state index contributed by atoms with van der Waals surface area (Å²) in [4.78, 5) is 29.8. The van der Waals surface area contributed by atoms with Crippen LogP contribution >= 0.6 is 0 Å². The molecule has 0 aliphatic heterocycles. The maximum absolute atomic E-state index is 12.8. The van der Waals surface area contributed by atoms with Gasteiger partial charge in [-0.25, -0.2) is 4.98 Å². The first kappa shape index (κ1) is 16.7. The van der Waals surface area contributed by atoms with Crippen molar-refractivity contribution < 1.29 is 4.79 Å². The first-order chi connectivity index (χ1) is 11.7. The van der Waals surface area contributed by atoms with Crippen molar-refractivity contribution in [3.8, 4) is 0 Å². The molecule has 128 valence electrons. The molecule has 2 aromatic rings. The molecular weight excluding hydrogens is 302 g/mol. The number of hydrogen-bond acceptors (Lipinski definition) is 3. The van der Waals surface area contributed by atoms with Gasteiger partial charge in [-0.1, -0.05) is 32.6 Å². The number of amides is 1. The van der Waals surface area contributed by atoms with E-state index >= 15 is 0 Å². The fourth-order valence-electron chi connectivity index (χ4n) is 3.40. The number of unbranched alkanes of at least 4 members (excludes halogenated alkanes) is 1. The van der Waals surface area contributed by atoms with Crippen LogP contribution in [-0.4, -0.2) is 21.5 Å². The highest BCUT2D eigenvalue weighted by molar-refractivity contribution is 5.97. The second-order valence-corrected chi connectivity index (χ2v) is 6.59. The van der Waals surface area contributed by atoms with Crippen LogP contribution in [0, 0.1) is 0 Å². The van der Waals surface area contributed by atoms with Crippen LogP contribution in [0.4, 0.5) is 0 Å². The van der Waals surface area contributed by atoms with Crippen LogP contribution in [0.25, 0.3) is 11.0 Å². The summed E-state index contributed by atoms with van der Waals surface area (Å²) in [5.41, 5.74) is 0.658.